The van der Waals surface area contributed by atoms with Gasteiger partial charge in [0.15, 0.2) is 0 Å². The van der Waals surface area contributed by atoms with Crippen LogP contribution in [0.25, 0.3) is 5.65 Å². The third kappa shape index (κ3) is 3.74. The molecule has 3 heterocycles. The fourth-order valence-corrected chi connectivity index (χ4v) is 3.96. The van der Waals surface area contributed by atoms with Crippen LogP contribution in [0.2, 0.25) is 0 Å². The maximum absolute atomic E-state index is 11.8. The Morgan fingerprint density at radius 2 is 2.36 bits per heavy atom. The predicted octanol–water partition coefficient (Wildman–Crippen LogP) is 2.46. The number of fused-ring (bicyclic) bond motifs is 1. The summed E-state index contributed by atoms with van der Waals surface area (Å²) in [5.74, 6) is 1.20. The van der Waals surface area contributed by atoms with Crippen molar-refractivity contribution in [2.75, 3.05) is 18.8 Å². The maximum Gasteiger partial charge on any atom is 0.314 e. The van der Waals surface area contributed by atoms with Crippen molar-refractivity contribution in [3.63, 3.8) is 0 Å². The fourth-order valence-electron chi connectivity index (χ4n) is 2.72. The average Bonchev–Trinajstić information content (AvgIpc) is 3.11. The van der Waals surface area contributed by atoms with Gasteiger partial charge in [-0.3, -0.25) is 0 Å². The highest BCUT2D eigenvalue weighted by molar-refractivity contribution is 8.00. The van der Waals surface area contributed by atoms with Gasteiger partial charge >= 0.3 is 6.03 Å². The quantitative estimate of drug-likeness (QED) is 0.890. The van der Waals surface area contributed by atoms with Gasteiger partial charge in [-0.1, -0.05) is 6.07 Å². The van der Waals surface area contributed by atoms with Crippen molar-refractivity contribution in [1.29, 1.82) is 0 Å². The number of thioether (sulfide) groups is 1. The molecule has 1 saturated heterocycles. The van der Waals surface area contributed by atoms with Crippen molar-refractivity contribution in [2.24, 2.45) is 0 Å². The van der Waals surface area contributed by atoms with E-state index in [1.807, 2.05) is 46.8 Å². The third-order valence-electron chi connectivity index (χ3n) is 4.00. The molecule has 0 spiro atoms. The smallest absolute Gasteiger partial charge is 0.314 e. The first kappa shape index (κ1) is 15.2. The van der Waals surface area contributed by atoms with Crippen molar-refractivity contribution in [3.05, 3.63) is 36.3 Å². The molecule has 0 saturated carbocycles. The summed E-state index contributed by atoms with van der Waals surface area (Å²) in [6.45, 7) is 3.55. The van der Waals surface area contributed by atoms with E-state index < -0.39 is 0 Å². The Morgan fingerprint density at radius 1 is 1.45 bits per heavy atom. The lowest BCUT2D eigenvalue weighted by Crippen LogP contribution is -2.43. The van der Waals surface area contributed by atoms with Crippen LogP contribution in [0.5, 0.6) is 0 Å². The lowest BCUT2D eigenvalue weighted by Gasteiger charge is -2.22. The zero-order valence-corrected chi connectivity index (χ0v) is 13.7. The molecule has 1 fully saturated rings. The second-order valence-corrected chi connectivity index (χ2v) is 7.64. The SMILES string of the molecule is CC1(CNC(=O)NCCc2cn3ccccc3n2)CCCS1. The van der Waals surface area contributed by atoms with Crippen LogP contribution in [0.3, 0.4) is 0 Å². The van der Waals surface area contributed by atoms with Crippen molar-refractivity contribution in [2.45, 2.75) is 30.9 Å². The molecule has 22 heavy (non-hydrogen) atoms. The van der Waals surface area contributed by atoms with E-state index in [9.17, 15) is 4.79 Å². The number of urea groups is 1. The summed E-state index contributed by atoms with van der Waals surface area (Å²) >= 11 is 1.95. The van der Waals surface area contributed by atoms with Crippen molar-refractivity contribution in [3.8, 4) is 0 Å². The first-order chi connectivity index (χ1) is 10.6. The monoisotopic (exact) mass is 318 g/mol. The number of amides is 2. The highest BCUT2D eigenvalue weighted by Crippen LogP contribution is 2.36. The number of imidazole rings is 1. The molecule has 3 rings (SSSR count). The van der Waals surface area contributed by atoms with Gasteiger partial charge < -0.3 is 15.0 Å². The second kappa shape index (κ2) is 6.60. The molecule has 1 aliphatic heterocycles. The van der Waals surface area contributed by atoms with Gasteiger partial charge in [0, 0.05) is 36.7 Å². The highest BCUT2D eigenvalue weighted by Gasteiger charge is 2.29. The van der Waals surface area contributed by atoms with Crippen LogP contribution in [0.1, 0.15) is 25.5 Å². The van der Waals surface area contributed by atoms with Crippen LogP contribution in [0.4, 0.5) is 4.79 Å². The number of rotatable bonds is 5. The number of nitrogens with zero attached hydrogens (tertiary/aromatic N) is 2. The van der Waals surface area contributed by atoms with Crippen molar-refractivity contribution >= 4 is 23.4 Å². The topological polar surface area (TPSA) is 58.4 Å². The van der Waals surface area contributed by atoms with Crippen LogP contribution in [0, 0.1) is 0 Å². The lowest BCUT2D eigenvalue weighted by atomic mass is 10.1. The zero-order valence-electron chi connectivity index (χ0n) is 12.8. The number of hydrogen-bond acceptors (Lipinski definition) is 3. The molecule has 6 heteroatoms. The second-order valence-electron chi connectivity index (χ2n) is 5.96. The first-order valence-corrected chi connectivity index (χ1v) is 8.71. The summed E-state index contributed by atoms with van der Waals surface area (Å²) in [6, 6.07) is 5.84. The largest absolute Gasteiger partial charge is 0.338 e. The zero-order chi connectivity index (χ0) is 15.4. The Balaban J connectivity index is 1.41. The standard InChI is InChI=1S/C16H22N4OS/c1-16(7-4-10-22-16)12-18-15(21)17-8-6-13-11-20-9-3-2-5-14(20)19-13/h2-3,5,9,11H,4,6-8,10,12H2,1H3,(H2,17,18,21). The molecular weight excluding hydrogens is 296 g/mol. The van der Waals surface area contributed by atoms with E-state index in [1.165, 1.54) is 18.6 Å². The Labute approximate surface area is 134 Å². The van der Waals surface area contributed by atoms with E-state index in [1.54, 1.807) is 0 Å². The molecule has 0 aliphatic carbocycles. The van der Waals surface area contributed by atoms with Crippen LogP contribution in [-0.4, -0.2) is 39.0 Å². The van der Waals surface area contributed by atoms with Crippen molar-refractivity contribution in [1.82, 2.24) is 20.0 Å². The van der Waals surface area contributed by atoms with Gasteiger partial charge in [0.1, 0.15) is 5.65 Å². The molecule has 0 radical (unpaired) electrons. The number of aromatic nitrogens is 2. The number of nitrogens with one attached hydrogen (secondary N) is 2. The van der Waals surface area contributed by atoms with Crippen molar-refractivity contribution < 1.29 is 4.79 Å². The summed E-state index contributed by atoms with van der Waals surface area (Å²) < 4.78 is 2.20. The minimum atomic E-state index is -0.0857. The average molecular weight is 318 g/mol. The van der Waals surface area contributed by atoms with Gasteiger partial charge in [-0.25, -0.2) is 9.78 Å². The summed E-state index contributed by atoms with van der Waals surface area (Å²) in [5, 5.41) is 5.89. The van der Waals surface area contributed by atoms with Gasteiger partial charge in [-0.15, -0.1) is 0 Å². The molecule has 1 atom stereocenters. The van der Waals surface area contributed by atoms with Crippen LogP contribution < -0.4 is 10.6 Å². The third-order valence-corrected chi connectivity index (χ3v) is 5.54. The molecular formula is C16H22N4OS. The van der Waals surface area contributed by atoms with Gasteiger partial charge in [0.05, 0.1) is 5.69 Å². The summed E-state index contributed by atoms with van der Waals surface area (Å²) in [6.07, 6.45) is 7.15. The summed E-state index contributed by atoms with van der Waals surface area (Å²) in [5.41, 5.74) is 1.93. The molecule has 0 bridgehead atoms. The number of hydrogen-bond donors (Lipinski definition) is 2. The van der Waals surface area contributed by atoms with E-state index in [0.717, 1.165) is 24.3 Å². The molecule has 2 N–H and O–H groups in total. The fraction of sp³-hybridized carbons (Fsp3) is 0.500. The highest BCUT2D eigenvalue weighted by atomic mass is 32.2. The normalized spacial score (nSPS) is 21.1. The van der Waals surface area contributed by atoms with Gasteiger partial charge in [-0.05, 0) is 37.7 Å². The van der Waals surface area contributed by atoms with E-state index in [-0.39, 0.29) is 10.8 Å². The summed E-state index contributed by atoms with van der Waals surface area (Å²) in [7, 11) is 0. The Hall–Kier alpha value is -1.69. The molecule has 2 aromatic heterocycles. The van der Waals surface area contributed by atoms with Crippen LogP contribution >= 0.6 is 11.8 Å². The van der Waals surface area contributed by atoms with Crippen LogP contribution in [0.15, 0.2) is 30.6 Å². The molecule has 1 aliphatic rings. The van der Waals surface area contributed by atoms with Gasteiger partial charge in [0.2, 0.25) is 0 Å². The summed E-state index contributed by atoms with van der Waals surface area (Å²) in [4.78, 5) is 16.4. The van der Waals surface area contributed by atoms with Gasteiger partial charge in [-0.2, -0.15) is 11.8 Å². The lowest BCUT2D eigenvalue weighted by molar-refractivity contribution is 0.240. The van der Waals surface area contributed by atoms with Gasteiger partial charge in [0.25, 0.3) is 0 Å². The Morgan fingerprint density at radius 3 is 3.14 bits per heavy atom. The number of carbonyl (C=O) groups excluding carboxylic acids is 1. The van der Waals surface area contributed by atoms with Crippen LogP contribution in [-0.2, 0) is 6.42 Å². The Bertz CT molecular complexity index is 615. The molecule has 2 amide bonds. The Kier molecular flexibility index (Phi) is 4.57. The van der Waals surface area contributed by atoms with E-state index >= 15 is 0 Å². The maximum atomic E-state index is 11.8. The molecule has 118 valence electrons. The molecule has 5 nitrogen and oxygen atoms in total. The molecule has 2 aromatic rings. The first-order valence-electron chi connectivity index (χ1n) is 7.73. The molecule has 0 aromatic carbocycles. The minimum absolute atomic E-state index is 0.0857. The number of pyridine rings is 1. The van der Waals surface area contributed by atoms with E-state index in [0.29, 0.717) is 6.54 Å². The van der Waals surface area contributed by atoms with E-state index in [4.69, 9.17) is 0 Å². The minimum Gasteiger partial charge on any atom is -0.338 e. The van der Waals surface area contributed by atoms with E-state index in [2.05, 4.69) is 22.5 Å². The predicted molar refractivity (Wildman–Crippen MR) is 90.4 cm³/mol. The number of carbonyl (C=O) groups is 1. The molecule has 1 unspecified atom stereocenters.